The van der Waals surface area contributed by atoms with Crippen LogP contribution in [0, 0.1) is 0 Å². The van der Waals surface area contributed by atoms with Gasteiger partial charge in [0.15, 0.2) is 0 Å². The highest BCUT2D eigenvalue weighted by Crippen LogP contribution is 2.31. The van der Waals surface area contributed by atoms with Crippen molar-refractivity contribution in [3.8, 4) is 0 Å². The van der Waals surface area contributed by atoms with Crippen molar-refractivity contribution in [2.24, 2.45) is 4.99 Å². The molecule has 0 saturated heterocycles. The predicted molar refractivity (Wildman–Crippen MR) is 65.7 cm³/mol. The van der Waals surface area contributed by atoms with Crippen LogP contribution in [-0.4, -0.2) is 34.7 Å². The number of thioether (sulfide) groups is 1. The molecule has 1 aliphatic heterocycles. The van der Waals surface area contributed by atoms with Gasteiger partial charge in [-0.1, -0.05) is 25.6 Å². The number of hydrogen-bond acceptors (Lipinski definition) is 5. The van der Waals surface area contributed by atoms with Gasteiger partial charge in [-0.25, -0.2) is 9.79 Å². The van der Waals surface area contributed by atoms with Crippen LogP contribution >= 0.6 is 11.8 Å². The number of rotatable bonds is 3. The van der Waals surface area contributed by atoms with Crippen LogP contribution in [-0.2, 0) is 14.3 Å². The Kier molecular flexibility index (Phi) is 4.24. The van der Waals surface area contributed by atoms with Crippen molar-refractivity contribution in [2.75, 3.05) is 6.61 Å². The summed E-state index contributed by atoms with van der Waals surface area (Å²) < 4.78 is 10.5. The topological polar surface area (TPSA) is 47.9 Å². The second-order valence-electron chi connectivity index (χ2n) is 4.45. The molecule has 4 nitrogen and oxygen atoms in total. The van der Waals surface area contributed by atoms with E-state index in [1.165, 1.54) is 11.8 Å². The number of carbonyl (C=O) groups excluding carboxylic acids is 1. The van der Waals surface area contributed by atoms with Gasteiger partial charge in [0, 0.05) is 5.25 Å². The zero-order valence-corrected chi connectivity index (χ0v) is 11.3. The molecule has 0 bridgehead atoms. The Labute approximate surface area is 101 Å². The highest BCUT2D eigenvalue weighted by atomic mass is 32.2. The van der Waals surface area contributed by atoms with E-state index in [9.17, 15) is 4.79 Å². The summed E-state index contributed by atoms with van der Waals surface area (Å²) in [5.41, 5.74) is -0.538. The molecule has 92 valence electrons. The van der Waals surface area contributed by atoms with E-state index in [2.05, 4.69) is 18.8 Å². The van der Waals surface area contributed by atoms with Crippen molar-refractivity contribution in [1.29, 1.82) is 0 Å². The largest absolute Gasteiger partial charge is 0.463 e. The van der Waals surface area contributed by atoms with Crippen molar-refractivity contribution in [1.82, 2.24) is 0 Å². The van der Waals surface area contributed by atoms with E-state index in [0.717, 1.165) is 0 Å². The number of aliphatic imine (C=N–C) groups is 1. The summed E-state index contributed by atoms with van der Waals surface area (Å²) in [4.78, 5) is 16.1. The minimum atomic E-state index is -0.617. The maximum atomic E-state index is 11.7. The van der Waals surface area contributed by atoms with Gasteiger partial charge >= 0.3 is 5.97 Å². The van der Waals surface area contributed by atoms with E-state index in [1.807, 2.05) is 13.8 Å². The molecule has 0 amide bonds. The van der Waals surface area contributed by atoms with Crippen LogP contribution in [0.2, 0.25) is 0 Å². The average Bonchev–Trinajstić information content (AvgIpc) is 2.39. The first-order valence-electron chi connectivity index (χ1n) is 5.46. The molecule has 1 unspecified atom stereocenters. The third-order valence-electron chi connectivity index (χ3n) is 2.08. The maximum Gasteiger partial charge on any atom is 0.349 e. The van der Waals surface area contributed by atoms with Gasteiger partial charge in [-0.05, 0) is 20.8 Å². The smallest absolute Gasteiger partial charge is 0.349 e. The number of carbonyl (C=O) groups is 1. The molecule has 0 spiro atoms. The first kappa shape index (κ1) is 13.4. The van der Waals surface area contributed by atoms with Crippen LogP contribution in [0.5, 0.6) is 0 Å². The summed E-state index contributed by atoms with van der Waals surface area (Å²) in [6, 6.07) is 0. The third kappa shape index (κ3) is 3.14. The van der Waals surface area contributed by atoms with Gasteiger partial charge in [0.2, 0.25) is 11.3 Å². The van der Waals surface area contributed by atoms with Crippen molar-refractivity contribution < 1.29 is 14.3 Å². The van der Waals surface area contributed by atoms with E-state index < -0.39 is 11.6 Å². The minimum absolute atomic E-state index is 0.337. The van der Waals surface area contributed by atoms with Crippen LogP contribution < -0.4 is 0 Å². The van der Waals surface area contributed by atoms with Crippen molar-refractivity contribution >= 4 is 23.0 Å². The Bertz CT molecular complexity index is 300. The van der Waals surface area contributed by atoms with E-state index in [1.54, 1.807) is 6.92 Å². The molecule has 0 saturated carbocycles. The lowest BCUT2D eigenvalue weighted by Gasteiger charge is -2.20. The summed E-state index contributed by atoms with van der Waals surface area (Å²) in [5.74, 6) is -0.337. The van der Waals surface area contributed by atoms with Gasteiger partial charge in [0.05, 0.1) is 6.61 Å². The fourth-order valence-electron chi connectivity index (χ4n) is 1.38. The molecule has 0 aromatic heterocycles. The zero-order chi connectivity index (χ0) is 12.3. The second-order valence-corrected chi connectivity index (χ2v) is 5.98. The highest BCUT2D eigenvalue weighted by molar-refractivity contribution is 8.14. The molecule has 1 rings (SSSR count). The summed E-state index contributed by atoms with van der Waals surface area (Å²) in [7, 11) is 0. The first-order chi connectivity index (χ1) is 7.36. The van der Waals surface area contributed by atoms with E-state index in [-0.39, 0.29) is 5.97 Å². The lowest BCUT2D eigenvalue weighted by molar-refractivity contribution is -0.153. The molecule has 5 heteroatoms. The molecule has 0 N–H and O–H groups in total. The number of ether oxygens (including phenoxy) is 2. The predicted octanol–water partition coefficient (Wildman–Crippen LogP) is 2.22. The van der Waals surface area contributed by atoms with Gasteiger partial charge in [-0.3, -0.25) is 0 Å². The standard InChI is InChI=1S/C11H19NO3S/c1-6-14-9(13)8-11(4,5)12-10(15-8)16-7(2)3/h7-8H,6H2,1-5H3. The van der Waals surface area contributed by atoms with Gasteiger partial charge in [0.25, 0.3) is 0 Å². The van der Waals surface area contributed by atoms with Gasteiger partial charge in [-0.2, -0.15) is 0 Å². The molecule has 1 aliphatic rings. The number of hydrogen-bond donors (Lipinski definition) is 0. The Morgan fingerprint density at radius 3 is 2.75 bits per heavy atom. The molecule has 0 aliphatic carbocycles. The zero-order valence-electron chi connectivity index (χ0n) is 10.4. The van der Waals surface area contributed by atoms with Crippen LogP contribution in [0.15, 0.2) is 4.99 Å². The van der Waals surface area contributed by atoms with Crippen LogP contribution in [0.25, 0.3) is 0 Å². The Morgan fingerprint density at radius 2 is 2.25 bits per heavy atom. The third-order valence-corrected chi connectivity index (χ3v) is 2.94. The van der Waals surface area contributed by atoms with Gasteiger partial charge < -0.3 is 9.47 Å². The maximum absolute atomic E-state index is 11.7. The molecule has 16 heavy (non-hydrogen) atoms. The molecule has 0 radical (unpaired) electrons. The van der Waals surface area contributed by atoms with Crippen LogP contribution in [0.3, 0.4) is 0 Å². The van der Waals surface area contributed by atoms with E-state index in [0.29, 0.717) is 17.1 Å². The normalized spacial score (nSPS) is 22.9. The second kappa shape index (κ2) is 5.08. The first-order valence-corrected chi connectivity index (χ1v) is 6.34. The fraction of sp³-hybridized carbons (Fsp3) is 0.818. The lowest BCUT2D eigenvalue weighted by atomic mass is 9.99. The fourth-order valence-corrected chi connectivity index (χ4v) is 2.22. The van der Waals surface area contributed by atoms with Crippen molar-refractivity contribution in [3.63, 3.8) is 0 Å². The molecular formula is C11H19NO3S. The lowest BCUT2D eigenvalue weighted by Crippen LogP contribution is -2.39. The molecule has 0 fully saturated rings. The van der Waals surface area contributed by atoms with Gasteiger partial charge in [-0.15, -0.1) is 0 Å². The number of nitrogens with zero attached hydrogens (tertiary/aromatic N) is 1. The molecule has 1 heterocycles. The Hall–Kier alpha value is -0.710. The average molecular weight is 245 g/mol. The molecule has 1 atom stereocenters. The highest BCUT2D eigenvalue weighted by Gasteiger charge is 2.44. The summed E-state index contributed by atoms with van der Waals surface area (Å²) in [6.45, 7) is 10.0. The van der Waals surface area contributed by atoms with E-state index in [4.69, 9.17) is 9.47 Å². The summed E-state index contributed by atoms with van der Waals surface area (Å²) >= 11 is 1.52. The van der Waals surface area contributed by atoms with Crippen LogP contribution in [0.1, 0.15) is 34.6 Å². The quantitative estimate of drug-likeness (QED) is 0.715. The molecule has 0 aromatic carbocycles. The Morgan fingerprint density at radius 1 is 1.62 bits per heavy atom. The van der Waals surface area contributed by atoms with Crippen molar-refractivity contribution in [2.45, 2.75) is 51.5 Å². The monoisotopic (exact) mass is 245 g/mol. The van der Waals surface area contributed by atoms with E-state index >= 15 is 0 Å². The van der Waals surface area contributed by atoms with Crippen molar-refractivity contribution in [3.05, 3.63) is 0 Å². The van der Waals surface area contributed by atoms with Gasteiger partial charge in [0.1, 0.15) is 5.54 Å². The minimum Gasteiger partial charge on any atom is -0.463 e. The summed E-state index contributed by atoms with van der Waals surface area (Å²) in [6.07, 6.45) is -0.617. The number of esters is 1. The SMILES string of the molecule is CCOC(=O)C1OC(SC(C)C)=NC1(C)C. The van der Waals surface area contributed by atoms with Crippen LogP contribution in [0.4, 0.5) is 0 Å². The summed E-state index contributed by atoms with van der Waals surface area (Å²) in [5, 5.41) is 0.966. The Balaban J connectivity index is 2.69. The molecule has 0 aromatic rings. The molecular weight excluding hydrogens is 226 g/mol.